The maximum absolute atomic E-state index is 5.75. The molecule has 2 rings (SSSR count). The molecule has 0 aliphatic carbocycles. The molecule has 1 aromatic heterocycles. The number of nitrogens with zero attached hydrogens (tertiary/aromatic N) is 1. The molecule has 3 nitrogen and oxygen atoms in total. The zero-order chi connectivity index (χ0) is 12.4. The lowest BCUT2D eigenvalue weighted by molar-refractivity contribution is 0.441. The van der Waals surface area contributed by atoms with Crippen molar-refractivity contribution < 1.29 is 4.42 Å². The average molecular weight is 295 g/mol. The van der Waals surface area contributed by atoms with E-state index in [1.54, 1.807) is 6.20 Å². The number of oxazole rings is 1. The Balaban J connectivity index is 2.37. The van der Waals surface area contributed by atoms with Gasteiger partial charge in [0.2, 0.25) is 5.89 Å². The van der Waals surface area contributed by atoms with Gasteiger partial charge in [-0.3, -0.25) is 0 Å². The van der Waals surface area contributed by atoms with Crippen LogP contribution >= 0.6 is 15.9 Å². The molecule has 4 heteroatoms. The lowest BCUT2D eigenvalue weighted by Crippen LogP contribution is -2.12. The summed E-state index contributed by atoms with van der Waals surface area (Å²) >= 11 is 3.45. The van der Waals surface area contributed by atoms with Crippen LogP contribution in [0.5, 0.6) is 0 Å². The summed E-state index contributed by atoms with van der Waals surface area (Å²) in [5, 5.41) is 3.11. The number of aryl methyl sites for hydroxylation is 1. The van der Waals surface area contributed by atoms with Crippen LogP contribution in [0.15, 0.2) is 33.3 Å². The third-order valence-corrected chi connectivity index (χ3v) is 3.27. The van der Waals surface area contributed by atoms with Crippen molar-refractivity contribution in [1.29, 1.82) is 0 Å². The smallest absolute Gasteiger partial charge is 0.211 e. The molecular formula is C13H15BrN2O. The summed E-state index contributed by atoms with van der Waals surface area (Å²) < 4.78 is 6.83. The molecule has 0 saturated heterocycles. The molecule has 0 spiro atoms. The molecule has 0 aliphatic rings. The van der Waals surface area contributed by atoms with Crippen molar-refractivity contribution in [1.82, 2.24) is 10.3 Å². The van der Waals surface area contributed by atoms with Crippen LogP contribution in [-0.2, 0) is 0 Å². The van der Waals surface area contributed by atoms with Gasteiger partial charge in [0, 0.05) is 10.0 Å². The first kappa shape index (κ1) is 12.3. The highest BCUT2D eigenvalue weighted by atomic mass is 79.9. The Kier molecular flexibility index (Phi) is 3.64. The number of aromatic nitrogens is 1. The Morgan fingerprint density at radius 3 is 2.82 bits per heavy atom. The van der Waals surface area contributed by atoms with E-state index in [1.807, 2.05) is 26.1 Å². The van der Waals surface area contributed by atoms with E-state index < -0.39 is 0 Å². The molecule has 0 aliphatic heterocycles. The van der Waals surface area contributed by atoms with Crippen molar-refractivity contribution >= 4 is 15.9 Å². The summed E-state index contributed by atoms with van der Waals surface area (Å²) in [5.41, 5.74) is 2.24. The minimum atomic E-state index is 0.125. The quantitative estimate of drug-likeness (QED) is 0.938. The Morgan fingerprint density at radius 2 is 2.18 bits per heavy atom. The van der Waals surface area contributed by atoms with Crippen LogP contribution < -0.4 is 5.32 Å². The van der Waals surface area contributed by atoms with E-state index in [-0.39, 0.29) is 6.04 Å². The molecule has 1 aromatic carbocycles. The minimum absolute atomic E-state index is 0.125. The third-order valence-electron chi connectivity index (χ3n) is 2.78. The topological polar surface area (TPSA) is 38.1 Å². The Bertz CT molecular complexity index is 522. The lowest BCUT2D eigenvalue weighted by Gasteiger charge is -2.05. The molecule has 0 bridgehead atoms. The van der Waals surface area contributed by atoms with Crippen LogP contribution in [0.3, 0.4) is 0 Å². The number of hydrogen-bond donors (Lipinski definition) is 1. The molecule has 17 heavy (non-hydrogen) atoms. The van der Waals surface area contributed by atoms with E-state index in [4.69, 9.17) is 4.42 Å². The molecule has 0 fully saturated rings. The Morgan fingerprint density at radius 1 is 1.41 bits per heavy atom. The summed E-state index contributed by atoms with van der Waals surface area (Å²) in [6.45, 7) is 4.08. The highest BCUT2D eigenvalue weighted by molar-refractivity contribution is 9.10. The minimum Gasteiger partial charge on any atom is -0.439 e. The lowest BCUT2D eigenvalue weighted by atomic mass is 10.1. The summed E-state index contributed by atoms with van der Waals surface area (Å²) in [6.07, 6.45) is 1.78. The van der Waals surface area contributed by atoms with Crippen molar-refractivity contribution in [3.8, 4) is 11.3 Å². The van der Waals surface area contributed by atoms with Crippen molar-refractivity contribution in [2.75, 3.05) is 7.05 Å². The van der Waals surface area contributed by atoms with E-state index in [2.05, 4.69) is 39.2 Å². The van der Waals surface area contributed by atoms with E-state index >= 15 is 0 Å². The molecule has 2 aromatic rings. The zero-order valence-corrected chi connectivity index (χ0v) is 11.7. The second kappa shape index (κ2) is 5.02. The van der Waals surface area contributed by atoms with Crippen molar-refractivity contribution in [3.63, 3.8) is 0 Å². The van der Waals surface area contributed by atoms with Crippen molar-refractivity contribution in [3.05, 3.63) is 40.3 Å². The highest BCUT2D eigenvalue weighted by Crippen LogP contribution is 2.27. The number of halogens is 1. The van der Waals surface area contributed by atoms with Gasteiger partial charge in [-0.15, -0.1) is 0 Å². The second-order valence-electron chi connectivity index (χ2n) is 4.03. The fraction of sp³-hybridized carbons (Fsp3) is 0.308. The number of rotatable bonds is 3. The molecule has 1 unspecified atom stereocenters. The largest absolute Gasteiger partial charge is 0.439 e. The average Bonchev–Trinajstić information content (AvgIpc) is 2.77. The van der Waals surface area contributed by atoms with Gasteiger partial charge in [-0.2, -0.15) is 0 Å². The third kappa shape index (κ3) is 2.58. The summed E-state index contributed by atoms with van der Waals surface area (Å²) in [4.78, 5) is 4.29. The standard InChI is InChI=1S/C13H15BrN2O/c1-8-6-10(14)4-5-11(8)12-7-16-13(17-12)9(2)15-3/h4-7,9,15H,1-3H3. The Hall–Kier alpha value is -1.13. The van der Waals surface area contributed by atoms with Gasteiger partial charge in [0.25, 0.3) is 0 Å². The van der Waals surface area contributed by atoms with Crippen LogP contribution in [0.4, 0.5) is 0 Å². The van der Waals surface area contributed by atoms with Crippen LogP contribution in [0.25, 0.3) is 11.3 Å². The van der Waals surface area contributed by atoms with Crippen molar-refractivity contribution in [2.45, 2.75) is 19.9 Å². The fourth-order valence-corrected chi connectivity index (χ4v) is 2.11. The first-order chi connectivity index (χ1) is 8.11. The Labute approximate surface area is 109 Å². The summed E-state index contributed by atoms with van der Waals surface area (Å²) in [5.74, 6) is 1.52. The molecular weight excluding hydrogens is 280 g/mol. The maximum atomic E-state index is 5.75. The number of benzene rings is 1. The first-order valence-corrected chi connectivity index (χ1v) is 6.30. The first-order valence-electron chi connectivity index (χ1n) is 5.51. The van der Waals surface area contributed by atoms with Crippen LogP contribution in [0, 0.1) is 6.92 Å². The van der Waals surface area contributed by atoms with Gasteiger partial charge in [-0.05, 0) is 44.7 Å². The van der Waals surface area contributed by atoms with Crippen LogP contribution in [-0.4, -0.2) is 12.0 Å². The van der Waals surface area contributed by atoms with E-state index in [0.717, 1.165) is 15.8 Å². The fourth-order valence-electron chi connectivity index (χ4n) is 1.64. The molecule has 0 amide bonds. The van der Waals surface area contributed by atoms with Gasteiger partial charge in [0.1, 0.15) is 0 Å². The molecule has 0 radical (unpaired) electrons. The zero-order valence-electron chi connectivity index (χ0n) is 10.1. The maximum Gasteiger partial charge on any atom is 0.211 e. The number of hydrogen-bond acceptors (Lipinski definition) is 3. The summed E-state index contributed by atoms with van der Waals surface area (Å²) in [6, 6.07) is 6.23. The highest BCUT2D eigenvalue weighted by Gasteiger charge is 2.12. The molecule has 1 N–H and O–H groups in total. The van der Waals surface area contributed by atoms with Crippen LogP contribution in [0.2, 0.25) is 0 Å². The molecule has 0 saturated carbocycles. The molecule has 90 valence electrons. The van der Waals surface area contributed by atoms with Gasteiger partial charge in [0.05, 0.1) is 12.2 Å². The molecule has 1 heterocycles. The monoisotopic (exact) mass is 294 g/mol. The van der Waals surface area contributed by atoms with Gasteiger partial charge in [-0.25, -0.2) is 4.98 Å². The van der Waals surface area contributed by atoms with Crippen LogP contribution in [0.1, 0.15) is 24.4 Å². The van der Waals surface area contributed by atoms with E-state index in [0.29, 0.717) is 5.89 Å². The van der Waals surface area contributed by atoms with Gasteiger partial charge in [0.15, 0.2) is 5.76 Å². The number of nitrogens with one attached hydrogen (secondary N) is 1. The normalized spacial score (nSPS) is 12.7. The van der Waals surface area contributed by atoms with Gasteiger partial charge >= 0.3 is 0 Å². The van der Waals surface area contributed by atoms with Gasteiger partial charge in [-0.1, -0.05) is 15.9 Å². The van der Waals surface area contributed by atoms with E-state index in [9.17, 15) is 0 Å². The van der Waals surface area contributed by atoms with E-state index in [1.165, 1.54) is 5.56 Å². The predicted octanol–water partition coefficient (Wildman–Crippen LogP) is 3.69. The second-order valence-corrected chi connectivity index (χ2v) is 4.95. The molecule has 1 atom stereocenters. The SMILES string of the molecule is CNC(C)c1ncc(-c2ccc(Br)cc2C)o1. The summed E-state index contributed by atoms with van der Waals surface area (Å²) in [7, 11) is 1.89. The van der Waals surface area contributed by atoms with Gasteiger partial charge < -0.3 is 9.73 Å². The predicted molar refractivity (Wildman–Crippen MR) is 71.9 cm³/mol. The van der Waals surface area contributed by atoms with Crippen molar-refractivity contribution in [2.24, 2.45) is 0 Å².